The largest absolute Gasteiger partial charge is 0.390 e. The minimum absolute atomic E-state index is 0.0185. The summed E-state index contributed by atoms with van der Waals surface area (Å²) >= 11 is 17.1. The van der Waals surface area contributed by atoms with E-state index in [-0.39, 0.29) is 20.6 Å². The topological polar surface area (TPSA) is 46.2 Å². The van der Waals surface area contributed by atoms with Gasteiger partial charge in [0.25, 0.3) is 5.92 Å². The minimum atomic E-state index is -3.52. The fourth-order valence-electron chi connectivity index (χ4n) is 1.14. The average Bonchev–Trinajstić information content (AvgIpc) is 2.24. The smallest absolute Gasteiger partial charge is 0.289 e. The van der Waals surface area contributed by atoms with Gasteiger partial charge in [0.2, 0.25) is 0 Å². The second-order valence-electron chi connectivity index (χ2n) is 3.15. The summed E-state index contributed by atoms with van der Waals surface area (Å²) in [6, 6.07) is 0.883. The Kier molecular flexibility index (Phi) is 4.37. The van der Waals surface area contributed by atoms with Gasteiger partial charge in [-0.1, -0.05) is 34.8 Å². The molecule has 7 heteroatoms. The number of benzene rings is 1. The Morgan fingerprint density at radius 2 is 1.75 bits per heavy atom. The van der Waals surface area contributed by atoms with Crippen LogP contribution in [0.5, 0.6) is 0 Å². The first-order chi connectivity index (χ1) is 7.31. The van der Waals surface area contributed by atoms with Gasteiger partial charge in [-0.15, -0.1) is 0 Å². The number of nitrogens with two attached hydrogens (primary N) is 1. The van der Waals surface area contributed by atoms with Crippen molar-refractivity contribution in [2.24, 2.45) is 5.73 Å². The Labute approximate surface area is 106 Å². The van der Waals surface area contributed by atoms with E-state index in [9.17, 15) is 8.78 Å². The fourth-order valence-corrected chi connectivity index (χ4v) is 1.91. The molecule has 0 aliphatic carbocycles. The molecule has 0 fully saturated rings. The van der Waals surface area contributed by atoms with E-state index in [1.165, 1.54) is 12.1 Å². The van der Waals surface area contributed by atoms with Crippen molar-refractivity contribution in [1.29, 1.82) is 0 Å². The minimum Gasteiger partial charge on any atom is -0.390 e. The third kappa shape index (κ3) is 2.57. The molecule has 0 aromatic heterocycles. The van der Waals surface area contributed by atoms with Gasteiger partial charge >= 0.3 is 0 Å². The molecular formula is C9H8Cl3F2NO. The van der Waals surface area contributed by atoms with E-state index in [4.69, 9.17) is 45.6 Å². The first kappa shape index (κ1) is 13.9. The molecule has 90 valence electrons. The normalized spacial score (nSPS) is 13.9. The summed E-state index contributed by atoms with van der Waals surface area (Å²) in [5, 5.41) is 8.45. The monoisotopic (exact) mass is 289 g/mol. The van der Waals surface area contributed by atoms with Crippen molar-refractivity contribution in [3.8, 4) is 0 Å². The molecule has 0 aliphatic heterocycles. The van der Waals surface area contributed by atoms with Gasteiger partial charge in [0.05, 0.1) is 16.1 Å². The van der Waals surface area contributed by atoms with Crippen LogP contribution in [0.3, 0.4) is 0 Å². The number of alkyl halides is 2. The van der Waals surface area contributed by atoms with Gasteiger partial charge in [0, 0.05) is 10.6 Å². The van der Waals surface area contributed by atoms with E-state index in [0.717, 1.165) is 0 Å². The van der Waals surface area contributed by atoms with Gasteiger partial charge in [-0.2, -0.15) is 0 Å². The lowest BCUT2D eigenvalue weighted by Crippen LogP contribution is -2.36. The zero-order valence-corrected chi connectivity index (χ0v) is 10.1. The molecule has 16 heavy (non-hydrogen) atoms. The molecule has 0 spiro atoms. The molecule has 0 amide bonds. The molecule has 0 unspecified atom stereocenters. The molecule has 0 radical (unpaired) electrons. The molecule has 0 saturated heterocycles. The fraction of sp³-hybridized carbons (Fsp3) is 0.333. The van der Waals surface area contributed by atoms with Crippen molar-refractivity contribution in [2.75, 3.05) is 6.61 Å². The van der Waals surface area contributed by atoms with Crippen molar-refractivity contribution in [3.05, 3.63) is 32.8 Å². The average molecular weight is 291 g/mol. The molecule has 0 saturated carbocycles. The predicted octanol–water partition coefficient (Wildman–Crippen LogP) is 3.27. The number of aliphatic hydroxyl groups is 1. The van der Waals surface area contributed by atoms with Crippen LogP contribution in [0, 0.1) is 0 Å². The molecule has 0 heterocycles. The summed E-state index contributed by atoms with van der Waals surface area (Å²) in [5.74, 6) is -3.52. The van der Waals surface area contributed by atoms with E-state index in [1.54, 1.807) is 0 Å². The summed E-state index contributed by atoms with van der Waals surface area (Å²) in [4.78, 5) is 0. The number of hydrogen-bond donors (Lipinski definition) is 2. The molecule has 0 bridgehead atoms. The van der Waals surface area contributed by atoms with Gasteiger partial charge in [-0.05, 0) is 12.1 Å². The van der Waals surface area contributed by atoms with E-state index in [2.05, 4.69) is 0 Å². The molecule has 3 N–H and O–H groups in total. The van der Waals surface area contributed by atoms with Gasteiger partial charge in [-0.25, -0.2) is 8.78 Å². The van der Waals surface area contributed by atoms with E-state index < -0.39 is 18.6 Å². The van der Waals surface area contributed by atoms with Gasteiger partial charge in [0.15, 0.2) is 0 Å². The van der Waals surface area contributed by atoms with Crippen LogP contribution in [0.25, 0.3) is 0 Å². The maximum Gasteiger partial charge on any atom is 0.289 e. The molecule has 1 aromatic carbocycles. The lowest BCUT2D eigenvalue weighted by Gasteiger charge is -2.23. The SMILES string of the molecule is N[C@@H](c1c(Cl)ccc(Cl)c1Cl)C(F)(F)CO. The van der Waals surface area contributed by atoms with Crippen LogP contribution >= 0.6 is 34.8 Å². The number of hydrogen-bond acceptors (Lipinski definition) is 2. The predicted molar refractivity (Wildman–Crippen MR) is 60.4 cm³/mol. The molecule has 1 aromatic rings. The standard InChI is InChI=1S/C9H8Cl3F2NO/c10-4-1-2-5(11)7(12)6(4)8(15)9(13,14)3-16/h1-2,8,16H,3,15H2/t8-/m0/s1. The molecular weight excluding hydrogens is 282 g/mol. The summed E-state index contributed by atoms with van der Waals surface area (Å²) in [7, 11) is 0. The number of rotatable bonds is 3. The first-order valence-corrected chi connectivity index (χ1v) is 5.32. The van der Waals surface area contributed by atoms with Gasteiger partial charge in [0.1, 0.15) is 6.61 Å². The van der Waals surface area contributed by atoms with Crippen LogP contribution in [-0.4, -0.2) is 17.6 Å². The maximum absolute atomic E-state index is 13.2. The van der Waals surface area contributed by atoms with Crippen LogP contribution in [0.2, 0.25) is 15.1 Å². The third-order valence-electron chi connectivity index (χ3n) is 2.06. The highest BCUT2D eigenvalue weighted by Gasteiger charge is 2.39. The second-order valence-corrected chi connectivity index (χ2v) is 4.35. The highest BCUT2D eigenvalue weighted by Crippen LogP contribution is 2.40. The lowest BCUT2D eigenvalue weighted by molar-refractivity contribution is -0.0711. The summed E-state index contributed by atoms with van der Waals surface area (Å²) < 4.78 is 26.4. The van der Waals surface area contributed by atoms with Crippen molar-refractivity contribution in [1.82, 2.24) is 0 Å². The van der Waals surface area contributed by atoms with Gasteiger partial charge in [-0.3, -0.25) is 0 Å². The zero-order chi connectivity index (χ0) is 12.5. The van der Waals surface area contributed by atoms with Crippen molar-refractivity contribution < 1.29 is 13.9 Å². The van der Waals surface area contributed by atoms with Crippen LogP contribution in [0.4, 0.5) is 8.78 Å². The molecule has 1 rings (SSSR count). The van der Waals surface area contributed by atoms with E-state index in [1.807, 2.05) is 0 Å². The Morgan fingerprint density at radius 1 is 1.25 bits per heavy atom. The lowest BCUT2D eigenvalue weighted by atomic mass is 10.0. The molecule has 1 atom stereocenters. The summed E-state index contributed by atoms with van der Waals surface area (Å²) in [5.41, 5.74) is 5.14. The van der Waals surface area contributed by atoms with Crippen LogP contribution in [0.15, 0.2) is 12.1 Å². The Morgan fingerprint density at radius 3 is 2.25 bits per heavy atom. The molecule has 0 aliphatic rings. The van der Waals surface area contributed by atoms with Crippen LogP contribution in [-0.2, 0) is 0 Å². The van der Waals surface area contributed by atoms with Crippen LogP contribution in [0.1, 0.15) is 11.6 Å². The number of halogens is 5. The summed E-state index contributed by atoms with van der Waals surface area (Å²) in [6.07, 6.45) is 0. The third-order valence-corrected chi connectivity index (χ3v) is 3.20. The van der Waals surface area contributed by atoms with Crippen molar-refractivity contribution in [3.63, 3.8) is 0 Å². The second kappa shape index (κ2) is 5.02. The van der Waals surface area contributed by atoms with Crippen molar-refractivity contribution >= 4 is 34.8 Å². The Hall–Kier alpha value is -0.130. The quantitative estimate of drug-likeness (QED) is 0.839. The summed E-state index contributed by atoms with van der Waals surface area (Å²) in [6.45, 7) is -1.40. The Balaban J connectivity index is 3.28. The van der Waals surface area contributed by atoms with Crippen LogP contribution < -0.4 is 5.73 Å². The zero-order valence-electron chi connectivity index (χ0n) is 7.85. The highest BCUT2D eigenvalue weighted by molar-refractivity contribution is 6.44. The highest BCUT2D eigenvalue weighted by atomic mass is 35.5. The van der Waals surface area contributed by atoms with Gasteiger partial charge < -0.3 is 10.8 Å². The number of aliphatic hydroxyl groups excluding tert-OH is 1. The maximum atomic E-state index is 13.2. The van der Waals surface area contributed by atoms with E-state index in [0.29, 0.717) is 0 Å². The van der Waals surface area contributed by atoms with E-state index >= 15 is 0 Å². The first-order valence-electron chi connectivity index (χ1n) is 4.19. The Bertz CT molecular complexity index is 401. The molecule has 2 nitrogen and oxygen atoms in total. The van der Waals surface area contributed by atoms with Crippen molar-refractivity contribution in [2.45, 2.75) is 12.0 Å².